The van der Waals surface area contributed by atoms with Gasteiger partial charge in [0.15, 0.2) is 0 Å². The lowest BCUT2D eigenvalue weighted by Crippen LogP contribution is -2.19. The third kappa shape index (κ3) is 2.14. The summed E-state index contributed by atoms with van der Waals surface area (Å²) in [4.78, 5) is 0. The van der Waals surface area contributed by atoms with Crippen LogP contribution in [0.15, 0.2) is 18.2 Å². The number of aliphatic hydroxyl groups excluding tert-OH is 1. The van der Waals surface area contributed by atoms with Crippen LogP contribution in [0.5, 0.6) is 0 Å². The number of alkyl halides is 2. The second-order valence-electron chi connectivity index (χ2n) is 2.49. The molecule has 0 unspecified atom stereocenters. The van der Waals surface area contributed by atoms with Gasteiger partial charge < -0.3 is 5.11 Å². The summed E-state index contributed by atoms with van der Waals surface area (Å²) in [5, 5.41) is 8.07. The van der Waals surface area contributed by atoms with Crippen molar-refractivity contribution >= 4 is 11.6 Å². The summed E-state index contributed by atoms with van der Waals surface area (Å²) < 4.78 is 38.2. The van der Waals surface area contributed by atoms with E-state index in [4.69, 9.17) is 16.7 Å². The van der Waals surface area contributed by atoms with E-state index in [9.17, 15) is 13.2 Å². The molecule has 0 fully saturated rings. The van der Waals surface area contributed by atoms with Crippen LogP contribution in [0.2, 0.25) is 5.02 Å². The van der Waals surface area contributed by atoms with Crippen molar-refractivity contribution in [1.82, 2.24) is 0 Å². The Bertz CT molecular complexity index is 314. The first-order valence-corrected chi connectivity index (χ1v) is 3.79. The van der Waals surface area contributed by atoms with Crippen LogP contribution < -0.4 is 0 Å². The van der Waals surface area contributed by atoms with E-state index in [-0.39, 0.29) is 5.02 Å². The van der Waals surface area contributed by atoms with E-state index >= 15 is 0 Å². The van der Waals surface area contributed by atoms with Gasteiger partial charge >= 0.3 is 0 Å². The first kappa shape index (κ1) is 10.3. The van der Waals surface area contributed by atoms with Crippen LogP contribution in [0.1, 0.15) is 5.56 Å². The van der Waals surface area contributed by atoms with Crippen LogP contribution in [-0.2, 0) is 5.92 Å². The Labute approximate surface area is 77.8 Å². The molecule has 0 bridgehead atoms. The fraction of sp³-hybridized carbons (Fsp3) is 0.250. The fourth-order valence-corrected chi connectivity index (χ4v) is 1.12. The maximum absolute atomic E-state index is 12.8. The van der Waals surface area contributed by atoms with Gasteiger partial charge in [0.25, 0.3) is 5.92 Å². The molecule has 1 aromatic rings. The smallest absolute Gasteiger partial charge is 0.297 e. The molecule has 0 aliphatic rings. The van der Waals surface area contributed by atoms with E-state index in [0.29, 0.717) is 6.07 Å². The Morgan fingerprint density at radius 3 is 2.54 bits per heavy atom. The monoisotopic (exact) mass is 210 g/mol. The van der Waals surface area contributed by atoms with E-state index in [1.165, 1.54) is 0 Å². The maximum atomic E-state index is 12.8. The fourth-order valence-electron chi connectivity index (χ4n) is 0.863. The number of halogens is 4. The number of benzene rings is 1. The molecule has 1 N–H and O–H groups in total. The van der Waals surface area contributed by atoms with E-state index in [1.807, 2.05) is 0 Å². The molecule has 0 atom stereocenters. The highest BCUT2D eigenvalue weighted by Crippen LogP contribution is 2.33. The SMILES string of the molecule is OCC(F)(F)c1cc(F)ccc1Cl. The number of aliphatic hydroxyl groups is 1. The Morgan fingerprint density at radius 1 is 1.38 bits per heavy atom. The van der Waals surface area contributed by atoms with Crippen LogP contribution in [0.4, 0.5) is 13.2 Å². The van der Waals surface area contributed by atoms with Gasteiger partial charge in [-0.3, -0.25) is 0 Å². The van der Waals surface area contributed by atoms with E-state index in [1.54, 1.807) is 0 Å². The van der Waals surface area contributed by atoms with Crippen LogP contribution in [0, 0.1) is 5.82 Å². The molecular formula is C8H6ClF3O. The average Bonchev–Trinajstić information content (AvgIpc) is 2.09. The van der Waals surface area contributed by atoms with Gasteiger partial charge in [0.1, 0.15) is 12.4 Å². The lowest BCUT2D eigenvalue weighted by molar-refractivity contribution is -0.0557. The molecule has 0 aliphatic heterocycles. The zero-order valence-corrected chi connectivity index (χ0v) is 7.15. The predicted molar refractivity (Wildman–Crippen MR) is 42.4 cm³/mol. The molecule has 0 aliphatic carbocycles. The second-order valence-corrected chi connectivity index (χ2v) is 2.89. The minimum absolute atomic E-state index is 0.263. The number of rotatable bonds is 2. The predicted octanol–water partition coefficient (Wildman–Crippen LogP) is 2.56. The van der Waals surface area contributed by atoms with E-state index in [2.05, 4.69) is 0 Å². The molecule has 1 nitrogen and oxygen atoms in total. The van der Waals surface area contributed by atoms with Crippen LogP contribution in [-0.4, -0.2) is 11.7 Å². The molecule has 0 aromatic heterocycles. The van der Waals surface area contributed by atoms with Crippen LogP contribution in [0.25, 0.3) is 0 Å². The molecule has 0 radical (unpaired) electrons. The van der Waals surface area contributed by atoms with Gasteiger partial charge in [0.2, 0.25) is 0 Å². The zero-order chi connectivity index (χ0) is 10.1. The number of hydrogen-bond acceptors (Lipinski definition) is 1. The number of hydrogen-bond donors (Lipinski definition) is 1. The molecular weight excluding hydrogens is 205 g/mol. The van der Waals surface area contributed by atoms with Crippen molar-refractivity contribution < 1.29 is 18.3 Å². The van der Waals surface area contributed by atoms with Crippen molar-refractivity contribution in [3.8, 4) is 0 Å². The standard InChI is InChI=1S/C8H6ClF3O/c9-7-2-1-5(10)3-6(7)8(11,12)4-13/h1-3,13H,4H2. The van der Waals surface area contributed by atoms with Crippen LogP contribution >= 0.6 is 11.6 Å². The zero-order valence-electron chi connectivity index (χ0n) is 6.40. The summed E-state index contributed by atoms with van der Waals surface area (Å²) in [6, 6.07) is 2.60. The van der Waals surface area contributed by atoms with Gasteiger partial charge in [0, 0.05) is 5.56 Å². The van der Waals surface area contributed by atoms with Crippen LogP contribution in [0.3, 0.4) is 0 Å². The highest BCUT2D eigenvalue weighted by Gasteiger charge is 2.33. The summed E-state index contributed by atoms with van der Waals surface area (Å²) in [6.07, 6.45) is 0. The summed E-state index contributed by atoms with van der Waals surface area (Å²) >= 11 is 5.40. The van der Waals surface area contributed by atoms with Crippen molar-refractivity contribution in [1.29, 1.82) is 0 Å². The Kier molecular flexibility index (Phi) is 2.83. The van der Waals surface area contributed by atoms with Gasteiger partial charge in [-0.05, 0) is 18.2 Å². The van der Waals surface area contributed by atoms with Gasteiger partial charge in [-0.2, -0.15) is 8.78 Å². The Hall–Kier alpha value is -0.740. The van der Waals surface area contributed by atoms with Crippen molar-refractivity contribution in [2.24, 2.45) is 0 Å². The molecule has 1 rings (SSSR count). The molecule has 1 aromatic carbocycles. The molecule has 5 heteroatoms. The maximum Gasteiger partial charge on any atom is 0.297 e. The van der Waals surface area contributed by atoms with E-state index in [0.717, 1.165) is 12.1 Å². The molecule has 0 amide bonds. The normalized spacial score (nSPS) is 11.8. The lowest BCUT2D eigenvalue weighted by atomic mass is 10.1. The minimum atomic E-state index is -3.50. The Morgan fingerprint density at radius 2 is 2.00 bits per heavy atom. The molecule has 0 heterocycles. The van der Waals surface area contributed by atoms with Crippen molar-refractivity contribution in [2.75, 3.05) is 6.61 Å². The molecule has 13 heavy (non-hydrogen) atoms. The summed E-state index contributed by atoms with van der Waals surface area (Å²) in [7, 11) is 0. The molecule has 72 valence electrons. The van der Waals surface area contributed by atoms with Gasteiger partial charge in [-0.1, -0.05) is 11.6 Å². The van der Waals surface area contributed by atoms with Gasteiger partial charge in [-0.25, -0.2) is 4.39 Å². The summed E-state index contributed by atoms with van der Waals surface area (Å²) in [6.45, 7) is -1.39. The topological polar surface area (TPSA) is 20.2 Å². The molecule has 0 saturated heterocycles. The average molecular weight is 211 g/mol. The highest BCUT2D eigenvalue weighted by molar-refractivity contribution is 6.31. The first-order chi connectivity index (χ1) is 5.97. The first-order valence-electron chi connectivity index (χ1n) is 3.41. The molecule has 0 spiro atoms. The Balaban J connectivity index is 3.20. The van der Waals surface area contributed by atoms with Crippen molar-refractivity contribution in [2.45, 2.75) is 5.92 Å². The quantitative estimate of drug-likeness (QED) is 0.796. The van der Waals surface area contributed by atoms with Crippen molar-refractivity contribution in [3.05, 3.63) is 34.6 Å². The minimum Gasteiger partial charge on any atom is -0.390 e. The van der Waals surface area contributed by atoms with Gasteiger partial charge in [0.05, 0.1) is 5.02 Å². The third-order valence-electron chi connectivity index (χ3n) is 1.52. The third-order valence-corrected chi connectivity index (χ3v) is 1.85. The highest BCUT2D eigenvalue weighted by atomic mass is 35.5. The summed E-state index contributed by atoms with van der Waals surface area (Å²) in [5.41, 5.74) is -0.698. The van der Waals surface area contributed by atoms with Gasteiger partial charge in [-0.15, -0.1) is 0 Å². The van der Waals surface area contributed by atoms with Crippen molar-refractivity contribution in [3.63, 3.8) is 0 Å². The summed E-state index contributed by atoms with van der Waals surface area (Å²) in [5.74, 6) is -4.31. The lowest BCUT2D eigenvalue weighted by Gasteiger charge is -2.14. The second kappa shape index (κ2) is 3.55. The van der Waals surface area contributed by atoms with E-state index < -0.39 is 23.9 Å². The molecule has 0 saturated carbocycles. The largest absolute Gasteiger partial charge is 0.390 e.